The summed E-state index contributed by atoms with van der Waals surface area (Å²) in [6, 6.07) is 54.5. The number of allylic oxidation sites excluding steroid dienone is 8. The van der Waals surface area contributed by atoms with E-state index in [0.29, 0.717) is 0 Å². The van der Waals surface area contributed by atoms with Crippen LogP contribution in [0, 0.1) is 0 Å². The number of para-hydroxylation sites is 1. The molecular weight excluding hydrogens is 681 g/mol. The summed E-state index contributed by atoms with van der Waals surface area (Å²) in [5.41, 5.74) is 17.3. The number of hydrogen-bond donors (Lipinski definition) is 0. The van der Waals surface area contributed by atoms with E-state index >= 15 is 0 Å². The Kier molecular flexibility index (Phi) is 7.67. The Morgan fingerprint density at radius 3 is 1.95 bits per heavy atom. The number of ether oxygens (including phenoxy) is 1. The molecule has 0 bridgehead atoms. The van der Waals surface area contributed by atoms with Crippen LogP contribution in [0.1, 0.15) is 53.8 Å². The molecule has 0 radical (unpaired) electrons. The Morgan fingerprint density at radius 1 is 0.464 bits per heavy atom. The first-order chi connectivity index (χ1) is 27.7. The van der Waals surface area contributed by atoms with Gasteiger partial charge in [-0.05, 0) is 94.5 Å². The highest BCUT2D eigenvalue weighted by atomic mass is 16.5. The molecule has 11 rings (SSSR count). The van der Waals surface area contributed by atoms with E-state index in [1.54, 1.807) is 0 Å². The van der Waals surface area contributed by atoms with Crippen molar-refractivity contribution < 1.29 is 4.74 Å². The fourth-order valence-electron chi connectivity index (χ4n) is 9.33. The second kappa shape index (κ2) is 13.2. The van der Waals surface area contributed by atoms with E-state index in [2.05, 4.69) is 176 Å². The third-order valence-corrected chi connectivity index (χ3v) is 11.9. The summed E-state index contributed by atoms with van der Waals surface area (Å²) in [5, 5.41) is 0. The highest BCUT2D eigenvalue weighted by Gasteiger charge is 2.51. The Labute approximate surface area is 327 Å². The molecule has 1 spiro atoms. The van der Waals surface area contributed by atoms with Gasteiger partial charge in [-0.25, -0.2) is 9.97 Å². The first kappa shape index (κ1) is 32.6. The molecular formula is C53H38N2O. The fraction of sp³-hybridized carbons (Fsp3) is 0.0943. The normalized spacial score (nSPS) is 17.5. The average Bonchev–Trinajstić information content (AvgIpc) is 3.57. The van der Waals surface area contributed by atoms with Gasteiger partial charge < -0.3 is 4.74 Å². The van der Waals surface area contributed by atoms with Crippen molar-refractivity contribution in [1.82, 2.24) is 9.97 Å². The van der Waals surface area contributed by atoms with Gasteiger partial charge in [0.15, 0.2) is 5.82 Å². The van der Waals surface area contributed by atoms with Gasteiger partial charge in [-0.1, -0.05) is 158 Å². The van der Waals surface area contributed by atoms with Gasteiger partial charge >= 0.3 is 0 Å². The molecule has 56 heavy (non-hydrogen) atoms. The summed E-state index contributed by atoms with van der Waals surface area (Å²) in [6.07, 6.45) is 15.4. The summed E-state index contributed by atoms with van der Waals surface area (Å²) in [5.74, 6) is 2.62. The van der Waals surface area contributed by atoms with E-state index in [1.165, 1.54) is 33.4 Å². The minimum Gasteiger partial charge on any atom is -0.457 e. The third kappa shape index (κ3) is 5.19. The molecule has 3 nitrogen and oxygen atoms in total. The molecule has 0 N–H and O–H groups in total. The molecule has 1 unspecified atom stereocenters. The van der Waals surface area contributed by atoms with Crippen molar-refractivity contribution in [3.8, 4) is 56.3 Å². The van der Waals surface area contributed by atoms with Crippen molar-refractivity contribution in [3.63, 3.8) is 0 Å². The minimum absolute atomic E-state index is 0.370. The molecule has 0 saturated carbocycles. The van der Waals surface area contributed by atoms with Gasteiger partial charge in [0, 0.05) is 27.8 Å². The standard InChI is InChI=1S/C53H38N2O/c1-3-14-37(15-4-1)48-34-49(55-52(54-48)38-16-5-2-6-17-38)41-19-13-18-39(32-41)35-26-28-36(29-27-35)40-30-31-47-51(33-40)56-50-25-12-11-24-46(50)53(47)44-22-9-7-20-42(44)43-21-8-10-23-45(43)53/h1,3-5,7-9,11-22,24-34H,2,6,10,23H2. The highest BCUT2D eigenvalue weighted by Crippen LogP contribution is 2.63. The molecule has 2 heterocycles. The van der Waals surface area contributed by atoms with Crippen LogP contribution in [0.5, 0.6) is 11.5 Å². The van der Waals surface area contributed by atoms with Gasteiger partial charge in [-0.3, -0.25) is 0 Å². The summed E-state index contributed by atoms with van der Waals surface area (Å²) in [6.45, 7) is 0. The van der Waals surface area contributed by atoms with Crippen LogP contribution < -0.4 is 4.74 Å². The summed E-state index contributed by atoms with van der Waals surface area (Å²) in [7, 11) is 0. The molecule has 3 aliphatic carbocycles. The predicted octanol–water partition coefficient (Wildman–Crippen LogP) is 13.4. The Bertz CT molecular complexity index is 2820. The van der Waals surface area contributed by atoms with Crippen LogP contribution in [0.25, 0.3) is 55.9 Å². The van der Waals surface area contributed by atoms with Gasteiger partial charge in [0.2, 0.25) is 0 Å². The maximum Gasteiger partial charge on any atom is 0.160 e. The molecule has 266 valence electrons. The van der Waals surface area contributed by atoms with Gasteiger partial charge in [0.1, 0.15) is 11.5 Å². The lowest BCUT2D eigenvalue weighted by molar-refractivity contribution is 0.432. The lowest BCUT2D eigenvalue weighted by atomic mass is 9.64. The predicted molar refractivity (Wildman–Crippen MR) is 228 cm³/mol. The van der Waals surface area contributed by atoms with Gasteiger partial charge in [0.25, 0.3) is 0 Å². The minimum atomic E-state index is -0.370. The molecule has 4 aliphatic rings. The number of fused-ring (bicyclic) bond motifs is 8. The maximum atomic E-state index is 6.79. The zero-order chi connectivity index (χ0) is 37.1. The zero-order valence-electron chi connectivity index (χ0n) is 31.0. The lowest BCUT2D eigenvalue weighted by Crippen LogP contribution is -2.33. The fourth-order valence-corrected chi connectivity index (χ4v) is 9.33. The van der Waals surface area contributed by atoms with Crippen LogP contribution in [0.3, 0.4) is 0 Å². The number of hydrogen-bond acceptors (Lipinski definition) is 3. The second-order valence-electron chi connectivity index (χ2n) is 15.1. The first-order valence-corrected chi connectivity index (χ1v) is 19.7. The first-order valence-electron chi connectivity index (χ1n) is 19.7. The topological polar surface area (TPSA) is 35.0 Å². The molecule has 1 aromatic heterocycles. The summed E-state index contributed by atoms with van der Waals surface area (Å²) >= 11 is 0. The van der Waals surface area contributed by atoms with Crippen LogP contribution in [0.2, 0.25) is 0 Å². The van der Waals surface area contributed by atoms with E-state index in [4.69, 9.17) is 14.7 Å². The zero-order valence-corrected chi connectivity index (χ0v) is 31.0. The average molecular weight is 719 g/mol. The second-order valence-corrected chi connectivity index (χ2v) is 15.1. The smallest absolute Gasteiger partial charge is 0.160 e. The molecule has 7 aromatic rings. The van der Waals surface area contributed by atoms with E-state index in [-0.39, 0.29) is 5.41 Å². The quantitative estimate of drug-likeness (QED) is 0.178. The monoisotopic (exact) mass is 718 g/mol. The number of rotatable bonds is 5. The SMILES string of the molecule is C1=CC(c2nc(-c3ccccc3)cc(-c3cccc(-c4ccc(-c5ccc6c(c5)Oc5ccccc5C65C6=C(C=CCC6)c6ccccc65)cc4)c3)n2)=CCC1. The van der Waals surface area contributed by atoms with Gasteiger partial charge in [0.05, 0.1) is 16.8 Å². The van der Waals surface area contributed by atoms with Crippen molar-refractivity contribution in [2.24, 2.45) is 0 Å². The highest BCUT2D eigenvalue weighted by molar-refractivity contribution is 5.92. The van der Waals surface area contributed by atoms with Crippen molar-refractivity contribution in [1.29, 1.82) is 0 Å². The maximum absolute atomic E-state index is 6.79. The van der Waals surface area contributed by atoms with E-state index in [1.807, 2.05) is 6.07 Å². The molecule has 0 saturated heterocycles. The van der Waals surface area contributed by atoms with Crippen molar-refractivity contribution in [2.75, 3.05) is 0 Å². The third-order valence-electron chi connectivity index (χ3n) is 11.9. The molecule has 1 atom stereocenters. The summed E-state index contributed by atoms with van der Waals surface area (Å²) in [4.78, 5) is 10.1. The molecule has 0 amide bonds. The Hall–Kier alpha value is -6.84. The van der Waals surface area contributed by atoms with Crippen molar-refractivity contribution in [2.45, 2.75) is 31.1 Å². The number of aromatic nitrogens is 2. The van der Waals surface area contributed by atoms with E-state index in [9.17, 15) is 0 Å². The summed E-state index contributed by atoms with van der Waals surface area (Å²) < 4.78 is 6.79. The van der Waals surface area contributed by atoms with Crippen molar-refractivity contribution in [3.05, 3.63) is 216 Å². The van der Waals surface area contributed by atoms with Crippen LogP contribution in [-0.2, 0) is 5.41 Å². The van der Waals surface area contributed by atoms with E-state index in [0.717, 1.165) is 93.3 Å². The Morgan fingerprint density at radius 2 is 1.12 bits per heavy atom. The van der Waals surface area contributed by atoms with Crippen LogP contribution in [0.15, 0.2) is 188 Å². The number of nitrogens with zero attached hydrogens (tertiary/aromatic N) is 2. The Balaban J connectivity index is 0.954. The van der Waals surface area contributed by atoms with Crippen LogP contribution >= 0.6 is 0 Å². The molecule has 6 aromatic carbocycles. The molecule has 1 aliphatic heterocycles. The van der Waals surface area contributed by atoms with Gasteiger partial charge in [-0.2, -0.15) is 0 Å². The van der Waals surface area contributed by atoms with Crippen LogP contribution in [-0.4, -0.2) is 9.97 Å². The van der Waals surface area contributed by atoms with Crippen molar-refractivity contribution >= 4 is 11.1 Å². The van der Waals surface area contributed by atoms with Crippen LogP contribution in [0.4, 0.5) is 0 Å². The molecule has 3 heteroatoms. The lowest BCUT2D eigenvalue weighted by Gasteiger charge is -2.41. The largest absolute Gasteiger partial charge is 0.457 e. The van der Waals surface area contributed by atoms with Gasteiger partial charge in [-0.15, -0.1) is 0 Å². The number of benzene rings is 6. The molecule has 0 fully saturated rings. The van der Waals surface area contributed by atoms with E-state index < -0.39 is 0 Å².